The van der Waals surface area contributed by atoms with Crippen LogP contribution in [0.25, 0.3) is 0 Å². The Morgan fingerprint density at radius 2 is 1.80 bits per heavy atom. The Bertz CT molecular complexity index is 1350. The molecule has 3 heterocycles. The van der Waals surface area contributed by atoms with Gasteiger partial charge in [-0.2, -0.15) is 5.10 Å². The zero-order chi connectivity index (χ0) is 24.4. The summed E-state index contributed by atoms with van der Waals surface area (Å²) in [6.07, 6.45) is 3.41. The maximum Gasteiger partial charge on any atom is 0.258 e. The van der Waals surface area contributed by atoms with Crippen LogP contribution in [0.2, 0.25) is 0 Å². The number of carbonyl (C=O) groups excluding carboxylic acids is 2. The number of hydrogen-bond acceptors (Lipinski definition) is 5. The molecule has 1 atom stereocenters. The summed E-state index contributed by atoms with van der Waals surface area (Å²) in [5, 5.41) is 7.59. The van der Waals surface area contributed by atoms with Crippen molar-refractivity contribution < 1.29 is 9.59 Å². The van der Waals surface area contributed by atoms with Crippen LogP contribution >= 0.6 is 0 Å². The molecule has 1 aliphatic heterocycles. The van der Waals surface area contributed by atoms with E-state index in [1.807, 2.05) is 62.4 Å². The number of aromatic nitrogens is 4. The van der Waals surface area contributed by atoms with Crippen molar-refractivity contribution >= 4 is 17.5 Å². The van der Waals surface area contributed by atoms with Crippen molar-refractivity contribution in [3.8, 4) is 0 Å². The largest absolute Gasteiger partial charge is 0.346 e. The Labute approximate surface area is 203 Å². The van der Waals surface area contributed by atoms with E-state index in [2.05, 4.69) is 20.4 Å². The van der Waals surface area contributed by atoms with E-state index in [0.717, 1.165) is 16.9 Å². The molecule has 176 valence electrons. The number of fused-ring (bicyclic) bond motifs is 1. The first-order chi connectivity index (χ1) is 17.0. The van der Waals surface area contributed by atoms with Crippen molar-refractivity contribution in [2.75, 3.05) is 11.4 Å². The molecule has 8 heteroatoms. The first-order valence-corrected chi connectivity index (χ1v) is 11.6. The van der Waals surface area contributed by atoms with E-state index >= 15 is 0 Å². The summed E-state index contributed by atoms with van der Waals surface area (Å²) in [5.74, 6) is 0.103. The number of rotatable bonds is 6. The summed E-state index contributed by atoms with van der Waals surface area (Å²) in [4.78, 5) is 36.9. The lowest BCUT2D eigenvalue weighted by Crippen LogP contribution is -2.30. The zero-order valence-electron chi connectivity index (χ0n) is 19.6. The minimum absolute atomic E-state index is 0.0926. The fraction of sp³-hybridized carbons (Fsp3) is 0.222. The fourth-order valence-electron chi connectivity index (χ4n) is 4.22. The van der Waals surface area contributed by atoms with Crippen molar-refractivity contribution in [2.45, 2.75) is 32.4 Å². The van der Waals surface area contributed by atoms with Gasteiger partial charge < -0.3 is 10.2 Å². The van der Waals surface area contributed by atoms with Gasteiger partial charge in [0.15, 0.2) is 5.82 Å². The number of nitrogens with one attached hydrogen (secondary N) is 1. The van der Waals surface area contributed by atoms with E-state index in [9.17, 15) is 9.59 Å². The molecule has 4 aromatic rings. The van der Waals surface area contributed by atoms with E-state index in [-0.39, 0.29) is 23.8 Å². The van der Waals surface area contributed by atoms with Gasteiger partial charge in [0.25, 0.3) is 11.8 Å². The molecule has 0 fully saturated rings. The Balaban J connectivity index is 1.47. The van der Waals surface area contributed by atoms with Gasteiger partial charge in [-0.15, -0.1) is 0 Å². The van der Waals surface area contributed by atoms with Crippen molar-refractivity contribution in [3.05, 3.63) is 107 Å². The number of benzene rings is 2. The van der Waals surface area contributed by atoms with Crippen LogP contribution in [0.15, 0.2) is 79.3 Å². The molecule has 2 aromatic carbocycles. The highest BCUT2D eigenvalue weighted by Crippen LogP contribution is 2.40. The van der Waals surface area contributed by atoms with Gasteiger partial charge in [0.05, 0.1) is 18.2 Å². The van der Waals surface area contributed by atoms with Gasteiger partial charge in [0.2, 0.25) is 0 Å². The average Bonchev–Trinajstić information content (AvgIpc) is 3.53. The molecule has 0 aliphatic carbocycles. The standard InChI is InChI=1S/C27H26N6O2/c1-18(2)33-17-30-25(31-33)23-16-32(27(35)19-8-4-3-5-9-19)24-12-11-20(14-22(23)24)26(34)29-15-21-10-6-7-13-28-21/h3-14,17-18,23H,15-16H2,1-2H3,(H,29,34)/t23-/m1/s1. The van der Waals surface area contributed by atoms with E-state index < -0.39 is 0 Å². The van der Waals surface area contributed by atoms with Crippen LogP contribution in [0.4, 0.5) is 5.69 Å². The van der Waals surface area contributed by atoms with E-state index in [0.29, 0.717) is 30.0 Å². The molecule has 0 bridgehead atoms. The highest BCUT2D eigenvalue weighted by atomic mass is 16.2. The van der Waals surface area contributed by atoms with E-state index in [1.165, 1.54) is 0 Å². The Hall–Kier alpha value is -4.33. The first kappa shape index (κ1) is 22.5. The van der Waals surface area contributed by atoms with Gasteiger partial charge in [-0.25, -0.2) is 4.98 Å². The molecule has 2 amide bonds. The Morgan fingerprint density at radius 1 is 1.00 bits per heavy atom. The monoisotopic (exact) mass is 466 g/mol. The normalized spacial score (nSPS) is 14.7. The molecule has 0 saturated carbocycles. The fourth-order valence-corrected chi connectivity index (χ4v) is 4.22. The number of anilines is 1. The highest BCUT2D eigenvalue weighted by Gasteiger charge is 2.36. The lowest BCUT2D eigenvalue weighted by atomic mass is 9.98. The molecule has 0 spiro atoms. The Kier molecular flexibility index (Phi) is 6.10. The second-order valence-electron chi connectivity index (χ2n) is 8.79. The van der Waals surface area contributed by atoms with Gasteiger partial charge in [-0.3, -0.25) is 19.3 Å². The summed E-state index contributed by atoms with van der Waals surface area (Å²) in [7, 11) is 0. The van der Waals surface area contributed by atoms with Crippen LogP contribution in [-0.4, -0.2) is 38.1 Å². The van der Waals surface area contributed by atoms with Gasteiger partial charge in [0, 0.05) is 35.6 Å². The second-order valence-corrected chi connectivity index (χ2v) is 8.79. The maximum atomic E-state index is 13.4. The lowest BCUT2D eigenvalue weighted by molar-refractivity contribution is 0.0949. The molecule has 1 aliphatic rings. The predicted octanol–water partition coefficient (Wildman–Crippen LogP) is 3.98. The molecule has 8 nitrogen and oxygen atoms in total. The quantitative estimate of drug-likeness (QED) is 0.464. The summed E-state index contributed by atoms with van der Waals surface area (Å²) < 4.78 is 1.81. The predicted molar refractivity (Wildman–Crippen MR) is 132 cm³/mol. The smallest absolute Gasteiger partial charge is 0.258 e. The third-order valence-electron chi connectivity index (χ3n) is 6.11. The maximum absolute atomic E-state index is 13.4. The molecular weight excluding hydrogens is 440 g/mol. The molecular formula is C27H26N6O2. The van der Waals surface area contributed by atoms with Crippen LogP contribution in [0.1, 0.15) is 63.6 Å². The number of hydrogen-bond donors (Lipinski definition) is 1. The molecule has 5 rings (SSSR count). The second kappa shape index (κ2) is 9.50. The molecule has 2 aromatic heterocycles. The van der Waals surface area contributed by atoms with Crippen molar-refractivity contribution in [1.82, 2.24) is 25.1 Å². The van der Waals surface area contributed by atoms with Crippen LogP contribution in [0, 0.1) is 0 Å². The van der Waals surface area contributed by atoms with Crippen LogP contribution < -0.4 is 10.2 Å². The van der Waals surface area contributed by atoms with Crippen LogP contribution in [0.5, 0.6) is 0 Å². The molecule has 1 N–H and O–H groups in total. The number of nitrogens with zero attached hydrogens (tertiary/aromatic N) is 5. The topological polar surface area (TPSA) is 93.0 Å². The average molecular weight is 467 g/mol. The SMILES string of the molecule is CC(C)n1cnc([C@@H]2CN(C(=O)c3ccccc3)c3ccc(C(=O)NCc4ccccn4)cc32)n1. The molecule has 0 radical (unpaired) electrons. The van der Waals surface area contributed by atoms with Crippen molar-refractivity contribution in [2.24, 2.45) is 0 Å². The molecule has 0 saturated heterocycles. The molecule has 0 unspecified atom stereocenters. The van der Waals surface area contributed by atoms with E-state index in [4.69, 9.17) is 0 Å². The summed E-state index contributed by atoms with van der Waals surface area (Å²) >= 11 is 0. The number of pyridine rings is 1. The summed E-state index contributed by atoms with van der Waals surface area (Å²) in [5.41, 5.74) is 3.54. The van der Waals surface area contributed by atoms with Crippen LogP contribution in [0.3, 0.4) is 0 Å². The lowest BCUT2D eigenvalue weighted by Gasteiger charge is -2.18. The third kappa shape index (κ3) is 4.55. The number of amides is 2. The summed E-state index contributed by atoms with van der Waals surface area (Å²) in [6, 6.07) is 20.4. The van der Waals surface area contributed by atoms with Gasteiger partial charge in [0.1, 0.15) is 6.33 Å². The first-order valence-electron chi connectivity index (χ1n) is 11.6. The van der Waals surface area contributed by atoms with Gasteiger partial charge >= 0.3 is 0 Å². The highest BCUT2D eigenvalue weighted by molar-refractivity contribution is 6.08. The molecule has 35 heavy (non-hydrogen) atoms. The van der Waals surface area contributed by atoms with Crippen molar-refractivity contribution in [1.29, 1.82) is 0 Å². The summed E-state index contributed by atoms with van der Waals surface area (Å²) in [6.45, 7) is 4.82. The minimum atomic E-state index is -0.235. The van der Waals surface area contributed by atoms with Gasteiger partial charge in [-0.1, -0.05) is 24.3 Å². The third-order valence-corrected chi connectivity index (χ3v) is 6.11. The van der Waals surface area contributed by atoms with Crippen molar-refractivity contribution in [3.63, 3.8) is 0 Å². The zero-order valence-corrected chi connectivity index (χ0v) is 19.6. The minimum Gasteiger partial charge on any atom is -0.346 e. The van der Waals surface area contributed by atoms with Gasteiger partial charge in [-0.05, 0) is 61.9 Å². The number of carbonyl (C=O) groups is 2. The van der Waals surface area contributed by atoms with Crippen LogP contribution in [-0.2, 0) is 6.54 Å². The van der Waals surface area contributed by atoms with E-state index in [1.54, 1.807) is 40.3 Å². The Morgan fingerprint density at radius 3 is 2.51 bits per heavy atom.